The van der Waals surface area contributed by atoms with Crippen LogP contribution in [-0.4, -0.2) is 25.9 Å². The van der Waals surface area contributed by atoms with Gasteiger partial charge in [0.1, 0.15) is 0 Å². The Kier molecular flexibility index (Phi) is 7.10. The summed E-state index contributed by atoms with van der Waals surface area (Å²) in [5.74, 6) is 0. The zero-order valence-electron chi connectivity index (χ0n) is 7.38. The molecule has 1 N–H and O–H groups in total. The van der Waals surface area contributed by atoms with E-state index in [2.05, 4.69) is 4.84 Å². The summed E-state index contributed by atoms with van der Waals surface area (Å²) in [5.41, 5.74) is 0. The highest BCUT2D eigenvalue weighted by atomic mass is 35.5. The van der Waals surface area contributed by atoms with E-state index in [0.717, 1.165) is 0 Å². The van der Waals surface area contributed by atoms with Gasteiger partial charge >= 0.3 is 7.60 Å². The van der Waals surface area contributed by atoms with E-state index in [0.29, 0.717) is 25.9 Å². The molecule has 0 bridgehead atoms. The van der Waals surface area contributed by atoms with Crippen molar-refractivity contribution >= 4 is 19.4 Å². The van der Waals surface area contributed by atoms with E-state index in [1.54, 1.807) is 13.8 Å². The van der Waals surface area contributed by atoms with Gasteiger partial charge in [-0.1, -0.05) is 0 Å². The topological polar surface area (TPSA) is 47.6 Å². The first-order valence-corrected chi connectivity index (χ1v) is 6.00. The summed E-state index contributed by atoms with van der Waals surface area (Å²) in [7, 11) is -2.88. The van der Waals surface area contributed by atoms with Gasteiger partial charge in [0.15, 0.2) is 0 Å². The van der Waals surface area contributed by atoms with Gasteiger partial charge in [-0.25, -0.2) is 4.84 Å². The molecule has 4 nitrogen and oxygen atoms in total. The van der Waals surface area contributed by atoms with Gasteiger partial charge in [-0.15, -0.1) is 0 Å². The molecule has 0 aliphatic rings. The first-order chi connectivity index (χ1) is 5.68. The third kappa shape index (κ3) is 5.12. The summed E-state index contributed by atoms with van der Waals surface area (Å²) < 4.78 is 21.6. The molecule has 12 heavy (non-hydrogen) atoms. The molecule has 0 amide bonds. The fourth-order valence-electron chi connectivity index (χ4n) is 0.739. The Bertz CT molecular complexity index is 146. The highest BCUT2D eigenvalue weighted by Gasteiger charge is 2.22. The molecule has 0 spiro atoms. The van der Waals surface area contributed by atoms with Crippen LogP contribution in [0.4, 0.5) is 0 Å². The minimum Gasteiger partial charge on any atom is -0.309 e. The van der Waals surface area contributed by atoms with Crippen molar-refractivity contribution in [3.8, 4) is 0 Å². The first kappa shape index (κ1) is 12.4. The fraction of sp³-hybridized carbons (Fsp3) is 1.00. The van der Waals surface area contributed by atoms with Gasteiger partial charge in [0, 0.05) is 6.54 Å². The summed E-state index contributed by atoms with van der Waals surface area (Å²) in [6.45, 7) is 4.75. The molecule has 0 saturated carbocycles. The second-order valence-electron chi connectivity index (χ2n) is 2.05. The second-order valence-corrected chi connectivity index (χ2v) is 4.51. The van der Waals surface area contributed by atoms with Crippen LogP contribution in [0.2, 0.25) is 0 Å². The van der Waals surface area contributed by atoms with Crippen molar-refractivity contribution < 1.29 is 13.6 Å². The van der Waals surface area contributed by atoms with E-state index >= 15 is 0 Å². The van der Waals surface area contributed by atoms with Crippen molar-refractivity contribution in [1.82, 2.24) is 4.84 Å². The van der Waals surface area contributed by atoms with Crippen LogP contribution in [0.1, 0.15) is 13.8 Å². The maximum absolute atomic E-state index is 11.6. The van der Waals surface area contributed by atoms with Gasteiger partial charge in [0.05, 0.1) is 19.4 Å². The lowest BCUT2D eigenvalue weighted by Crippen LogP contribution is -2.10. The third-order valence-electron chi connectivity index (χ3n) is 1.13. The number of hydrogen-bond acceptors (Lipinski definition) is 4. The van der Waals surface area contributed by atoms with Crippen molar-refractivity contribution in [2.24, 2.45) is 0 Å². The molecule has 0 fully saturated rings. The van der Waals surface area contributed by atoms with Gasteiger partial charge in [-0.3, -0.25) is 4.57 Å². The monoisotopic (exact) mass is 215 g/mol. The zero-order chi connectivity index (χ0) is 9.45. The van der Waals surface area contributed by atoms with Gasteiger partial charge in [0.2, 0.25) is 0 Å². The van der Waals surface area contributed by atoms with Crippen molar-refractivity contribution in [3.05, 3.63) is 0 Å². The SMILES string of the molecule is CCOP(=O)(CCNCl)OCC. The van der Waals surface area contributed by atoms with Gasteiger partial charge < -0.3 is 9.05 Å². The molecule has 0 unspecified atom stereocenters. The molecule has 0 saturated heterocycles. The lowest BCUT2D eigenvalue weighted by molar-refractivity contribution is 0.220. The van der Waals surface area contributed by atoms with Crippen LogP contribution in [0.3, 0.4) is 0 Å². The average Bonchev–Trinajstić information content (AvgIpc) is 2.02. The molecule has 0 radical (unpaired) electrons. The molecule has 6 heteroatoms. The molecule has 0 aromatic rings. The Morgan fingerprint density at radius 1 is 1.33 bits per heavy atom. The van der Waals surface area contributed by atoms with E-state index in [4.69, 9.17) is 20.8 Å². The van der Waals surface area contributed by atoms with Crippen LogP contribution in [0.5, 0.6) is 0 Å². The average molecular weight is 216 g/mol. The van der Waals surface area contributed by atoms with Crippen LogP contribution >= 0.6 is 19.4 Å². The molecule has 0 rings (SSSR count). The Morgan fingerprint density at radius 2 is 1.83 bits per heavy atom. The number of hydrogen-bond donors (Lipinski definition) is 1. The largest absolute Gasteiger partial charge is 0.331 e. The van der Waals surface area contributed by atoms with Gasteiger partial charge in [-0.05, 0) is 25.6 Å². The predicted molar refractivity (Wildman–Crippen MR) is 49.6 cm³/mol. The minimum absolute atomic E-state index is 0.304. The Morgan fingerprint density at radius 3 is 2.17 bits per heavy atom. The summed E-state index contributed by atoms with van der Waals surface area (Å²) in [4.78, 5) is 2.38. The lowest BCUT2D eigenvalue weighted by atomic mass is 10.8. The molecular formula is C6H15ClNO3P. The first-order valence-electron chi connectivity index (χ1n) is 3.90. The van der Waals surface area contributed by atoms with Gasteiger partial charge in [-0.2, -0.15) is 0 Å². The summed E-state index contributed by atoms with van der Waals surface area (Å²) >= 11 is 5.23. The molecule has 0 atom stereocenters. The zero-order valence-corrected chi connectivity index (χ0v) is 9.03. The molecule has 0 aliphatic heterocycles. The summed E-state index contributed by atoms with van der Waals surface area (Å²) in [6.07, 6.45) is 0.304. The summed E-state index contributed by atoms with van der Waals surface area (Å²) in [6, 6.07) is 0. The van der Waals surface area contributed by atoms with Crippen molar-refractivity contribution in [1.29, 1.82) is 0 Å². The highest BCUT2D eigenvalue weighted by Crippen LogP contribution is 2.47. The smallest absolute Gasteiger partial charge is 0.309 e. The van der Waals surface area contributed by atoms with Crippen LogP contribution in [0.15, 0.2) is 0 Å². The number of nitrogens with one attached hydrogen (secondary N) is 1. The molecular weight excluding hydrogens is 200 g/mol. The molecule has 74 valence electrons. The second kappa shape index (κ2) is 6.87. The maximum atomic E-state index is 11.6. The minimum atomic E-state index is -2.88. The van der Waals surface area contributed by atoms with Crippen LogP contribution in [0.25, 0.3) is 0 Å². The van der Waals surface area contributed by atoms with Crippen LogP contribution in [0, 0.1) is 0 Å². The van der Waals surface area contributed by atoms with E-state index in [-0.39, 0.29) is 0 Å². The standard InChI is InChI=1S/C6H15ClNO3P/c1-3-10-12(9,11-4-2)6-5-8-7/h8H,3-6H2,1-2H3. The Labute approximate surface area is 78.2 Å². The maximum Gasteiger partial charge on any atom is 0.331 e. The van der Waals surface area contributed by atoms with Crippen molar-refractivity contribution in [3.63, 3.8) is 0 Å². The van der Waals surface area contributed by atoms with E-state index in [9.17, 15) is 4.57 Å². The Hall–Kier alpha value is 0.400. The highest BCUT2D eigenvalue weighted by molar-refractivity contribution is 7.53. The number of halogens is 1. The van der Waals surface area contributed by atoms with Crippen molar-refractivity contribution in [2.45, 2.75) is 13.8 Å². The Balaban J connectivity index is 3.90. The van der Waals surface area contributed by atoms with E-state index in [1.165, 1.54) is 0 Å². The third-order valence-corrected chi connectivity index (χ3v) is 3.40. The van der Waals surface area contributed by atoms with Crippen LogP contribution < -0.4 is 4.84 Å². The fourth-order valence-corrected chi connectivity index (χ4v) is 2.47. The van der Waals surface area contributed by atoms with Crippen LogP contribution in [-0.2, 0) is 13.6 Å². The molecule has 0 aliphatic carbocycles. The summed E-state index contributed by atoms with van der Waals surface area (Å²) in [5, 5.41) is 0. The predicted octanol–water partition coefficient (Wildman–Crippen LogP) is 2.00. The molecule has 0 aromatic heterocycles. The van der Waals surface area contributed by atoms with E-state index in [1.807, 2.05) is 0 Å². The van der Waals surface area contributed by atoms with E-state index < -0.39 is 7.60 Å². The van der Waals surface area contributed by atoms with Gasteiger partial charge in [0.25, 0.3) is 0 Å². The lowest BCUT2D eigenvalue weighted by Gasteiger charge is -2.15. The van der Waals surface area contributed by atoms with Crippen molar-refractivity contribution in [2.75, 3.05) is 25.9 Å². The molecule has 0 heterocycles. The quantitative estimate of drug-likeness (QED) is 0.521. The number of rotatable bonds is 7. The normalized spacial score (nSPS) is 11.9. The molecule has 0 aromatic carbocycles.